The second-order valence-corrected chi connectivity index (χ2v) is 3.95. The van der Waals surface area contributed by atoms with Crippen LogP contribution in [0.15, 0.2) is 6.20 Å². The monoisotopic (exact) mass is 231 g/mol. The van der Waals surface area contributed by atoms with Crippen molar-refractivity contribution in [3.05, 3.63) is 17.5 Å². The van der Waals surface area contributed by atoms with E-state index in [0.29, 0.717) is 6.54 Å². The highest BCUT2D eigenvalue weighted by atomic mass is 19.4. The van der Waals surface area contributed by atoms with Gasteiger partial charge in [0.1, 0.15) is 0 Å². The number of rotatable bonds is 3. The molecule has 0 radical (unpaired) electrons. The Morgan fingerprint density at radius 2 is 2.12 bits per heavy atom. The van der Waals surface area contributed by atoms with E-state index in [0.717, 1.165) is 0 Å². The molecule has 1 heterocycles. The number of nitriles is 1. The molecule has 0 fully saturated rings. The molecule has 0 saturated carbocycles. The summed E-state index contributed by atoms with van der Waals surface area (Å²) < 4.78 is 38.9. The smallest absolute Gasteiger partial charge is 0.272 e. The van der Waals surface area contributed by atoms with Crippen LogP contribution in [0.25, 0.3) is 0 Å². The van der Waals surface area contributed by atoms with Crippen molar-refractivity contribution in [2.24, 2.45) is 5.92 Å². The lowest BCUT2D eigenvalue weighted by Crippen LogP contribution is -2.11. The van der Waals surface area contributed by atoms with Gasteiger partial charge < -0.3 is 0 Å². The zero-order valence-corrected chi connectivity index (χ0v) is 9.04. The van der Waals surface area contributed by atoms with Crippen molar-refractivity contribution in [2.45, 2.75) is 33.0 Å². The molecule has 3 nitrogen and oxygen atoms in total. The van der Waals surface area contributed by atoms with Gasteiger partial charge in [-0.05, 0) is 5.92 Å². The van der Waals surface area contributed by atoms with E-state index in [9.17, 15) is 13.2 Å². The van der Waals surface area contributed by atoms with Gasteiger partial charge in [0.2, 0.25) is 0 Å². The Hall–Kier alpha value is -1.51. The van der Waals surface area contributed by atoms with Crippen LogP contribution in [-0.2, 0) is 19.1 Å². The van der Waals surface area contributed by atoms with Gasteiger partial charge >= 0.3 is 6.18 Å². The normalized spacial score (nSPS) is 11.8. The van der Waals surface area contributed by atoms with Crippen LogP contribution in [0, 0.1) is 17.2 Å². The standard InChI is InChI=1S/C10H12F3N3/c1-7(2)5-16-6-8(3-4-14)9(15-16)10(11,12)13/h6-7H,3,5H2,1-2H3. The van der Waals surface area contributed by atoms with Gasteiger partial charge in [0.25, 0.3) is 0 Å². The first-order chi connectivity index (χ1) is 7.34. The Bertz CT molecular complexity index is 398. The van der Waals surface area contributed by atoms with E-state index in [2.05, 4.69) is 5.10 Å². The second kappa shape index (κ2) is 4.56. The topological polar surface area (TPSA) is 41.6 Å². The molecule has 0 unspecified atom stereocenters. The summed E-state index contributed by atoms with van der Waals surface area (Å²) in [5.41, 5.74) is -1.01. The largest absolute Gasteiger partial charge is 0.435 e. The molecule has 0 aromatic carbocycles. The lowest BCUT2D eigenvalue weighted by atomic mass is 10.2. The number of hydrogen-bond donors (Lipinski definition) is 0. The molecule has 0 aliphatic rings. The van der Waals surface area contributed by atoms with Crippen LogP contribution < -0.4 is 0 Å². The molecule has 1 rings (SSSR count). The minimum Gasteiger partial charge on any atom is -0.272 e. The first kappa shape index (κ1) is 12.6. The maximum absolute atomic E-state index is 12.5. The highest BCUT2D eigenvalue weighted by Crippen LogP contribution is 2.30. The Labute approximate surface area is 91.5 Å². The van der Waals surface area contributed by atoms with Crippen molar-refractivity contribution in [2.75, 3.05) is 0 Å². The highest BCUT2D eigenvalue weighted by molar-refractivity contribution is 5.23. The predicted molar refractivity (Wildman–Crippen MR) is 51.4 cm³/mol. The third-order valence-electron chi connectivity index (χ3n) is 1.93. The van der Waals surface area contributed by atoms with E-state index in [1.54, 1.807) is 6.07 Å². The maximum Gasteiger partial charge on any atom is 0.435 e. The van der Waals surface area contributed by atoms with Crippen LogP contribution in [0.4, 0.5) is 13.2 Å². The minimum absolute atomic E-state index is 0.0596. The molecule has 0 atom stereocenters. The fourth-order valence-corrected chi connectivity index (χ4v) is 1.38. The highest BCUT2D eigenvalue weighted by Gasteiger charge is 2.36. The summed E-state index contributed by atoms with van der Waals surface area (Å²) in [6.45, 7) is 4.19. The molecule has 0 N–H and O–H groups in total. The first-order valence-electron chi connectivity index (χ1n) is 4.85. The van der Waals surface area contributed by atoms with Gasteiger partial charge in [-0.2, -0.15) is 23.5 Å². The van der Waals surface area contributed by atoms with Gasteiger partial charge in [-0.1, -0.05) is 13.8 Å². The zero-order valence-electron chi connectivity index (χ0n) is 9.04. The molecule has 0 aliphatic carbocycles. The summed E-state index contributed by atoms with van der Waals surface area (Å²) >= 11 is 0. The fourth-order valence-electron chi connectivity index (χ4n) is 1.38. The Morgan fingerprint density at radius 1 is 1.50 bits per heavy atom. The SMILES string of the molecule is CC(C)Cn1cc(CC#N)c(C(F)(F)F)n1. The summed E-state index contributed by atoms with van der Waals surface area (Å²) in [6, 6.07) is 1.71. The van der Waals surface area contributed by atoms with Crippen LogP contribution in [0.1, 0.15) is 25.1 Å². The van der Waals surface area contributed by atoms with E-state index < -0.39 is 11.9 Å². The molecule has 1 aromatic rings. The summed E-state index contributed by atoms with van der Waals surface area (Å²) in [5.74, 6) is 0.205. The Kier molecular flexibility index (Phi) is 3.58. The van der Waals surface area contributed by atoms with Crippen LogP contribution in [0.5, 0.6) is 0 Å². The lowest BCUT2D eigenvalue weighted by molar-refractivity contribution is -0.142. The number of alkyl halides is 3. The first-order valence-corrected chi connectivity index (χ1v) is 4.85. The third kappa shape index (κ3) is 2.99. The maximum atomic E-state index is 12.5. The number of nitrogens with zero attached hydrogens (tertiary/aromatic N) is 3. The average molecular weight is 231 g/mol. The van der Waals surface area contributed by atoms with Gasteiger partial charge in [0.05, 0.1) is 12.5 Å². The van der Waals surface area contributed by atoms with Crippen molar-refractivity contribution < 1.29 is 13.2 Å². The van der Waals surface area contributed by atoms with Crippen molar-refractivity contribution in [1.29, 1.82) is 5.26 Å². The molecular formula is C10H12F3N3. The van der Waals surface area contributed by atoms with Gasteiger partial charge in [-0.25, -0.2) is 0 Å². The molecule has 0 saturated heterocycles. The average Bonchev–Trinajstić information content (AvgIpc) is 2.46. The van der Waals surface area contributed by atoms with Crippen molar-refractivity contribution >= 4 is 0 Å². The quantitative estimate of drug-likeness (QED) is 0.802. The van der Waals surface area contributed by atoms with E-state index in [-0.39, 0.29) is 17.9 Å². The number of hydrogen-bond acceptors (Lipinski definition) is 2. The van der Waals surface area contributed by atoms with Crippen molar-refractivity contribution in [1.82, 2.24) is 9.78 Å². The van der Waals surface area contributed by atoms with Gasteiger partial charge in [-0.3, -0.25) is 4.68 Å². The fraction of sp³-hybridized carbons (Fsp3) is 0.600. The molecule has 6 heteroatoms. The Balaban J connectivity index is 3.06. The van der Waals surface area contributed by atoms with Gasteiger partial charge in [-0.15, -0.1) is 0 Å². The second-order valence-electron chi connectivity index (χ2n) is 3.95. The van der Waals surface area contributed by atoms with E-state index in [1.165, 1.54) is 10.9 Å². The molecule has 16 heavy (non-hydrogen) atoms. The summed E-state index contributed by atoms with van der Waals surface area (Å²) in [4.78, 5) is 0. The minimum atomic E-state index is -4.49. The van der Waals surface area contributed by atoms with E-state index in [4.69, 9.17) is 5.26 Å². The molecule has 0 aliphatic heterocycles. The summed E-state index contributed by atoms with van der Waals surface area (Å²) in [6.07, 6.45) is -3.46. The summed E-state index contributed by atoms with van der Waals surface area (Å²) in [5, 5.41) is 11.9. The predicted octanol–water partition coefficient (Wildman–Crippen LogP) is 2.62. The van der Waals surface area contributed by atoms with Crippen LogP contribution in [0.2, 0.25) is 0 Å². The third-order valence-corrected chi connectivity index (χ3v) is 1.93. The molecule has 88 valence electrons. The number of halogens is 3. The lowest BCUT2D eigenvalue weighted by Gasteiger charge is -2.05. The molecular weight excluding hydrogens is 219 g/mol. The van der Waals surface area contributed by atoms with Gasteiger partial charge in [0, 0.05) is 18.3 Å². The molecule has 0 spiro atoms. The molecule has 1 aromatic heterocycles. The van der Waals surface area contributed by atoms with Gasteiger partial charge in [0.15, 0.2) is 5.69 Å². The number of aromatic nitrogens is 2. The zero-order chi connectivity index (χ0) is 12.3. The van der Waals surface area contributed by atoms with Crippen molar-refractivity contribution in [3.8, 4) is 6.07 Å². The Morgan fingerprint density at radius 3 is 2.56 bits per heavy atom. The van der Waals surface area contributed by atoms with Crippen LogP contribution in [0.3, 0.4) is 0 Å². The molecule has 0 bridgehead atoms. The van der Waals surface area contributed by atoms with Crippen LogP contribution in [-0.4, -0.2) is 9.78 Å². The summed E-state index contributed by atoms with van der Waals surface area (Å²) in [7, 11) is 0. The van der Waals surface area contributed by atoms with E-state index >= 15 is 0 Å². The van der Waals surface area contributed by atoms with E-state index in [1.807, 2.05) is 13.8 Å². The van der Waals surface area contributed by atoms with Crippen LogP contribution >= 0.6 is 0 Å². The molecule has 0 amide bonds. The van der Waals surface area contributed by atoms with Crippen molar-refractivity contribution in [3.63, 3.8) is 0 Å².